The summed E-state index contributed by atoms with van der Waals surface area (Å²) in [5.74, 6) is 1.45. The van der Waals surface area contributed by atoms with Crippen LogP contribution in [0.5, 0.6) is 0 Å². The molecule has 108 valence electrons. The van der Waals surface area contributed by atoms with Gasteiger partial charge in [0.25, 0.3) is 0 Å². The summed E-state index contributed by atoms with van der Waals surface area (Å²) < 4.78 is 4.08. The lowest BCUT2D eigenvalue weighted by molar-refractivity contribution is 0.904. The fourth-order valence-electron chi connectivity index (χ4n) is 2.28. The van der Waals surface area contributed by atoms with E-state index in [1.165, 1.54) is 5.56 Å². The van der Waals surface area contributed by atoms with Gasteiger partial charge in [-0.05, 0) is 52.7 Å². The van der Waals surface area contributed by atoms with E-state index in [0.717, 1.165) is 31.6 Å². The molecule has 0 saturated carbocycles. The molecule has 0 unspecified atom stereocenters. The minimum Gasteiger partial charge on any atom is -0.281 e. The SMILES string of the molecule is Cc1cc(-n2c(CCCl)nc3cc(Br)cnc32)ccc1Br. The predicted molar refractivity (Wildman–Crippen MR) is 93.4 cm³/mol. The first kappa shape index (κ1) is 15.0. The smallest absolute Gasteiger partial charge is 0.164 e. The first-order chi connectivity index (χ1) is 10.1. The van der Waals surface area contributed by atoms with Crippen molar-refractivity contribution >= 4 is 54.6 Å². The zero-order valence-electron chi connectivity index (χ0n) is 11.3. The van der Waals surface area contributed by atoms with Crippen LogP contribution in [0.15, 0.2) is 39.4 Å². The molecule has 0 N–H and O–H groups in total. The molecule has 0 radical (unpaired) electrons. The molecule has 21 heavy (non-hydrogen) atoms. The van der Waals surface area contributed by atoms with Crippen molar-refractivity contribution < 1.29 is 0 Å². The standard InChI is InChI=1S/C15H12Br2ClN3/c1-9-6-11(2-3-12(9)17)21-14(4-5-18)20-13-7-10(16)8-19-15(13)21/h2-3,6-8H,4-5H2,1H3. The summed E-state index contributed by atoms with van der Waals surface area (Å²) in [6.45, 7) is 2.07. The molecule has 0 fully saturated rings. The number of pyridine rings is 1. The Morgan fingerprint density at radius 2 is 2.05 bits per heavy atom. The van der Waals surface area contributed by atoms with E-state index < -0.39 is 0 Å². The van der Waals surface area contributed by atoms with Gasteiger partial charge in [0.05, 0.1) is 0 Å². The van der Waals surface area contributed by atoms with Crippen LogP contribution in [-0.2, 0) is 6.42 Å². The lowest BCUT2D eigenvalue weighted by Gasteiger charge is -2.09. The minimum absolute atomic E-state index is 0.528. The van der Waals surface area contributed by atoms with E-state index in [-0.39, 0.29) is 0 Å². The molecule has 0 saturated heterocycles. The summed E-state index contributed by atoms with van der Waals surface area (Å²) in [6.07, 6.45) is 2.49. The number of aryl methyl sites for hydroxylation is 2. The van der Waals surface area contributed by atoms with Crippen molar-refractivity contribution in [3.8, 4) is 5.69 Å². The Morgan fingerprint density at radius 1 is 1.24 bits per heavy atom. The molecule has 1 aromatic carbocycles. The number of imidazole rings is 1. The van der Waals surface area contributed by atoms with Crippen LogP contribution >= 0.6 is 43.5 Å². The second kappa shape index (κ2) is 6.07. The second-order valence-corrected chi connectivity index (χ2v) is 6.88. The highest BCUT2D eigenvalue weighted by atomic mass is 79.9. The quantitative estimate of drug-likeness (QED) is 0.547. The third-order valence-electron chi connectivity index (χ3n) is 3.25. The molecule has 0 aliphatic rings. The summed E-state index contributed by atoms with van der Waals surface area (Å²) in [4.78, 5) is 9.18. The van der Waals surface area contributed by atoms with E-state index in [1.807, 2.05) is 12.1 Å². The Morgan fingerprint density at radius 3 is 2.76 bits per heavy atom. The highest BCUT2D eigenvalue weighted by Crippen LogP contribution is 2.26. The molecule has 6 heteroatoms. The highest BCUT2D eigenvalue weighted by Gasteiger charge is 2.14. The van der Waals surface area contributed by atoms with Gasteiger partial charge in [0, 0.05) is 33.1 Å². The van der Waals surface area contributed by atoms with E-state index in [2.05, 4.69) is 65.5 Å². The minimum atomic E-state index is 0.528. The lowest BCUT2D eigenvalue weighted by Crippen LogP contribution is -2.03. The van der Waals surface area contributed by atoms with Gasteiger partial charge in [-0.3, -0.25) is 4.57 Å². The number of nitrogens with zero attached hydrogens (tertiary/aromatic N) is 3. The van der Waals surface area contributed by atoms with E-state index in [0.29, 0.717) is 12.3 Å². The molecule has 0 bridgehead atoms. The zero-order valence-corrected chi connectivity index (χ0v) is 15.2. The molecule has 3 rings (SSSR count). The van der Waals surface area contributed by atoms with Crippen molar-refractivity contribution in [1.82, 2.24) is 14.5 Å². The van der Waals surface area contributed by atoms with Crippen LogP contribution in [-0.4, -0.2) is 20.4 Å². The normalized spacial score (nSPS) is 11.2. The Kier molecular flexibility index (Phi) is 4.33. The summed E-state index contributed by atoms with van der Waals surface area (Å²) >= 11 is 12.9. The Labute approximate surface area is 144 Å². The highest BCUT2D eigenvalue weighted by molar-refractivity contribution is 9.10. The number of rotatable bonds is 3. The van der Waals surface area contributed by atoms with E-state index in [9.17, 15) is 0 Å². The van der Waals surface area contributed by atoms with Crippen molar-refractivity contribution in [2.45, 2.75) is 13.3 Å². The molecule has 2 aromatic heterocycles. The molecule has 0 spiro atoms. The van der Waals surface area contributed by atoms with E-state index in [4.69, 9.17) is 11.6 Å². The third-order valence-corrected chi connectivity index (χ3v) is 4.76. The van der Waals surface area contributed by atoms with Crippen LogP contribution in [0.4, 0.5) is 0 Å². The number of halogens is 3. The average Bonchev–Trinajstić information content (AvgIpc) is 2.79. The Balaban J connectivity index is 2.27. The Hall–Kier alpha value is -0.910. The van der Waals surface area contributed by atoms with E-state index >= 15 is 0 Å². The lowest BCUT2D eigenvalue weighted by atomic mass is 10.2. The van der Waals surface area contributed by atoms with Gasteiger partial charge < -0.3 is 0 Å². The van der Waals surface area contributed by atoms with Crippen molar-refractivity contribution in [1.29, 1.82) is 0 Å². The molecule has 3 nitrogen and oxygen atoms in total. The second-order valence-electron chi connectivity index (χ2n) is 4.73. The summed E-state index contributed by atoms with van der Waals surface area (Å²) in [6, 6.07) is 8.19. The van der Waals surface area contributed by atoms with Gasteiger partial charge >= 0.3 is 0 Å². The van der Waals surface area contributed by atoms with Crippen LogP contribution in [0, 0.1) is 6.92 Å². The topological polar surface area (TPSA) is 30.7 Å². The van der Waals surface area contributed by atoms with Crippen molar-refractivity contribution in [3.05, 3.63) is 50.8 Å². The van der Waals surface area contributed by atoms with Crippen LogP contribution < -0.4 is 0 Å². The van der Waals surface area contributed by atoms with Gasteiger partial charge in [-0.15, -0.1) is 11.6 Å². The van der Waals surface area contributed by atoms with Gasteiger partial charge in [-0.25, -0.2) is 9.97 Å². The molecule has 0 aliphatic carbocycles. The number of alkyl halides is 1. The van der Waals surface area contributed by atoms with Gasteiger partial charge in [-0.2, -0.15) is 0 Å². The third kappa shape index (κ3) is 2.87. The van der Waals surface area contributed by atoms with Crippen LogP contribution in [0.1, 0.15) is 11.4 Å². The van der Waals surface area contributed by atoms with Crippen molar-refractivity contribution in [3.63, 3.8) is 0 Å². The van der Waals surface area contributed by atoms with Crippen molar-refractivity contribution in [2.75, 3.05) is 5.88 Å². The van der Waals surface area contributed by atoms with Crippen molar-refractivity contribution in [2.24, 2.45) is 0 Å². The number of aromatic nitrogens is 3. The van der Waals surface area contributed by atoms with Gasteiger partial charge in [0.15, 0.2) is 5.65 Å². The Bertz CT molecular complexity index is 814. The van der Waals surface area contributed by atoms with E-state index in [1.54, 1.807) is 6.20 Å². The molecule has 0 atom stereocenters. The van der Waals surface area contributed by atoms with Gasteiger partial charge in [0.1, 0.15) is 11.3 Å². The average molecular weight is 430 g/mol. The molecule has 0 aliphatic heterocycles. The summed E-state index contributed by atoms with van der Waals surface area (Å²) in [7, 11) is 0. The van der Waals surface area contributed by atoms with Crippen LogP contribution in [0.3, 0.4) is 0 Å². The molecule has 2 heterocycles. The fraction of sp³-hybridized carbons (Fsp3) is 0.200. The van der Waals surface area contributed by atoms with Gasteiger partial charge in [-0.1, -0.05) is 15.9 Å². The maximum Gasteiger partial charge on any atom is 0.164 e. The number of hydrogen-bond acceptors (Lipinski definition) is 2. The maximum absolute atomic E-state index is 5.92. The maximum atomic E-state index is 5.92. The molecular weight excluding hydrogens is 417 g/mol. The molecule has 0 amide bonds. The fourth-order valence-corrected chi connectivity index (χ4v) is 3.01. The van der Waals surface area contributed by atoms with Crippen LogP contribution in [0.2, 0.25) is 0 Å². The summed E-state index contributed by atoms with van der Waals surface area (Å²) in [5, 5.41) is 0. The molecular formula is C15H12Br2ClN3. The first-order valence-electron chi connectivity index (χ1n) is 6.45. The zero-order chi connectivity index (χ0) is 15.0. The largest absolute Gasteiger partial charge is 0.281 e. The molecule has 3 aromatic rings. The predicted octanol–water partition coefficient (Wildman–Crippen LogP) is 5.04. The number of benzene rings is 1. The first-order valence-corrected chi connectivity index (χ1v) is 8.57. The number of fused-ring (bicyclic) bond motifs is 1. The van der Waals surface area contributed by atoms with Crippen LogP contribution in [0.25, 0.3) is 16.9 Å². The monoisotopic (exact) mass is 427 g/mol. The summed E-state index contributed by atoms with van der Waals surface area (Å²) in [5.41, 5.74) is 3.93. The number of hydrogen-bond donors (Lipinski definition) is 0. The van der Waals surface area contributed by atoms with Gasteiger partial charge in [0.2, 0.25) is 0 Å².